The molecule has 1 aliphatic rings. The van der Waals surface area contributed by atoms with Crippen LogP contribution in [-0.2, 0) is 14.8 Å². The fourth-order valence-electron chi connectivity index (χ4n) is 3.98. The molecule has 0 unspecified atom stereocenters. The summed E-state index contributed by atoms with van der Waals surface area (Å²) < 4.78 is 35.7. The Kier molecular flexibility index (Phi) is 5.71. The van der Waals surface area contributed by atoms with Gasteiger partial charge in [-0.15, -0.1) is 0 Å². The lowest BCUT2D eigenvalue weighted by Gasteiger charge is -2.14. The standard InChI is InChI=1S/C23H24N4O5S/c1-13-9-14(2)11-17(10-13)26-33(30,31)19-12-16(5-6-18(19)32-4)22-15(3)25-27-21(29)8-7-20(28)24-23(22)27/h5-6,9-12,26H,7-8H2,1-4H3,(H,24,28). The maximum absolute atomic E-state index is 13.3. The number of anilines is 2. The minimum atomic E-state index is -4.02. The zero-order valence-corrected chi connectivity index (χ0v) is 19.5. The number of carbonyl (C=O) groups is 2. The Labute approximate surface area is 191 Å². The van der Waals surface area contributed by atoms with Crippen LogP contribution in [0.1, 0.15) is 34.5 Å². The smallest absolute Gasteiger partial charge is 0.265 e. The van der Waals surface area contributed by atoms with Gasteiger partial charge in [-0.25, -0.2) is 8.42 Å². The number of methoxy groups -OCH3 is 1. The summed E-state index contributed by atoms with van der Waals surface area (Å²) in [4.78, 5) is 24.5. The number of fused-ring (bicyclic) bond motifs is 1. The summed E-state index contributed by atoms with van der Waals surface area (Å²) in [5.74, 6) is -0.223. The minimum Gasteiger partial charge on any atom is -0.495 e. The van der Waals surface area contributed by atoms with Gasteiger partial charge in [0.2, 0.25) is 11.8 Å². The van der Waals surface area contributed by atoms with Crippen molar-refractivity contribution in [3.63, 3.8) is 0 Å². The second kappa shape index (κ2) is 8.36. The van der Waals surface area contributed by atoms with Crippen molar-refractivity contribution in [3.8, 4) is 16.9 Å². The number of carbonyl (C=O) groups excluding carboxylic acids is 2. The highest BCUT2D eigenvalue weighted by atomic mass is 32.2. The monoisotopic (exact) mass is 468 g/mol. The highest BCUT2D eigenvalue weighted by Gasteiger charge is 2.28. The number of aromatic nitrogens is 2. The van der Waals surface area contributed by atoms with Crippen molar-refractivity contribution in [1.82, 2.24) is 9.78 Å². The van der Waals surface area contributed by atoms with Gasteiger partial charge >= 0.3 is 0 Å². The van der Waals surface area contributed by atoms with E-state index in [0.29, 0.717) is 22.5 Å². The molecular weight excluding hydrogens is 444 g/mol. The van der Waals surface area contributed by atoms with Crippen LogP contribution in [0.25, 0.3) is 11.1 Å². The molecule has 172 valence electrons. The number of benzene rings is 2. The van der Waals surface area contributed by atoms with Gasteiger partial charge in [-0.05, 0) is 61.7 Å². The van der Waals surface area contributed by atoms with E-state index in [1.165, 1.54) is 23.9 Å². The molecule has 0 saturated heterocycles. The first-order valence-electron chi connectivity index (χ1n) is 10.3. The molecule has 2 heterocycles. The highest BCUT2D eigenvalue weighted by Crippen LogP contribution is 2.37. The van der Waals surface area contributed by atoms with Gasteiger partial charge in [0.1, 0.15) is 16.5 Å². The highest BCUT2D eigenvalue weighted by molar-refractivity contribution is 7.92. The predicted octanol–water partition coefficient (Wildman–Crippen LogP) is 3.66. The van der Waals surface area contributed by atoms with E-state index in [0.717, 1.165) is 11.1 Å². The Bertz CT molecular complexity index is 1370. The van der Waals surface area contributed by atoms with Crippen LogP contribution in [0.15, 0.2) is 41.3 Å². The number of hydrogen-bond donors (Lipinski definition) is 2. The van der Waals surface area contributed by atoms with E-state index in [-0.39, 0.29) is 41.1 Å². The van der Waals surface area contributed by atoms with Gasteiger partial charge in [0, 0.05) is 24.1 Å². The summed E-state index contributed by atoms with van der Waals surface area (Å²) in [5, 5.41) is 7.00. The Morgan fingerprint density at radius 2 is 1.73 bits per heavy atom. The number of ether oxygens (including phenoxy) is 1. The quantitative estimate of drug-likeness (QED) is 0.590. The van der Waals surface area contributed by atoms with Crippen molar-refractivity contribution in [2.45, 2.75) is 38.5 Å². The topological polar surface area (TPSA) is 119 Å². The third kappa shape index (κ3) is 4.34. The number of sulfonamides is 1. The molecule has 9 nitrogen and oxygen atoms in total. The molecule has 4 rings (SSSR count). The second-order valence-electron chi connectivity index (χ2n) is 8.01. The zero-order valence-electron chi connectivity index (χ0n) is 18.7. The van der Waals surface area contributed by atoms with Gasteiger partial charge in [0.25, 0.3) is 10.0 Å². The van der Waals surface area contributed by atoms with Crippen molar-refractivity contribution in [1.29, 1.82) is 0 Å². The van der Waals surface area contributed by atoms with Gasteiger partial charge < -0.3 is 10.1 Å². The molecule has 0 radical (unpaired) electrons. The third-order valence-corrected chi connectivity index (χ3v) is 6.74. The molecule has 10 heteroatoms. The Morgan fingerprint density at radius 1 is 1.03 bits per heavy atom. The summed E-state index contributed by atoms with van der Waals surface area (Å²) >= 11 is 0. The Balaban J connectivity index is 1.83. The first kappa shape index (κ1) is 22.5. The minimum absolute atomic E-state index is 0.0431. The van der Waals surface area contributed by atoms with Crippen LogP contribution in [0.5, 0.6) is 5.75 Å². The van der Waals surface area contributed by atoms with Crippen LogP contribution < -0.4 is 14.8 Å². The number of nitrogens with one attached hydrogen (secondary N) is 2. The molecular formula is C23H24N4O5S. The lowest BCUT2D eigenvalue weighted by molar-refractivity contribution is -0.116. The molecule has 1 aromatic heterocycles. The molecule has 0 spiro atoms. The SMILES string of the molecule is COc1ccc(-c2c(C)nn3c2NC(=O)CCC3=O)cc1S(=O)(=O)Nc1cc(C)cc(C)c1. The Morgan fingerprint density at radius 3 is 2.39 bits per heavy atom. The van der Waals surface area contributed by atoms with Crippen LogP contribution in [0.3, 0.4) is 0 Å². The number of amides is 1. The maximum Gasteiger partial charge on any atom is 0.265 e. The molecule has 2 N–H and O–H groups in total. The van der Waals surface area contributed by atoms with E-state index >= 15 is 0 Å². The van der Waals surface area contributed by atoms with Gasteiger partial charge in [0.05, 0.1) is 12.8 Å². The first-order chi connectivity index (χ1) is 15.6. The molecule has 3 aromatic rings. The molecule has 33 heavy (non-hydrogen) atoms. The van der Waals surface area contributed by atoms with E-state index in [2.05, 4.69) is 15.1 Å². The van der Waals surface area contributed by atoms with E-state index < -0.39 is 10.0 Å². The summed E-state index contributed by atoms with van der Waals surface area (Å²) in [6.07, 6.45) is 0.101. The summed E-state index contributed by atoms with van der Waals surface area (Å²) in [6.45, 7) is 5.47. The number of rotatable bonds is 5. The van der Waals surface area contributed by atoms with Gasteiger partial charge in [-0.1, -0.05) is 12.1 Å². The number of nitrogens with zero attached hydrogens (tertiary/aromatic N) is 2. The molecule has 0 bridgehead atoms. The van der Waals surface area contributed by atoms with Crippen LogP contribution in [0, 0.1) is 20.8 Å². The van der Waals surface area contributed by atoms with Crippen LogP contribution in [0.4, 0.5) is 11.5 Å². The van der Waals surface area contributed by atoms with Crippen molar-refractivity contribution in [2.75, 3.05) is 17.1 Å². The average molecular weight is 469 g/mol. The molecule has 1 aliphatic heterocycles. The van der Waals surface area contributed by atoms with Crippen LogP contribution >= 0.6 is 0 Å². The zero-order chi connectivity index (χ0) is 23.9. The van der Waals surface area contributed by atoms with Gasteiger partial charge in [0.15, 0.2) is 0 Å². The van der Waals surface area contributed by atoms with Crippen molar-refractivity contribution < 1.29 is 22.7 Å². The summed E-state index contributed by atoms with van der Waals surface area (Å²) in [5.41, 5.74) is 3.72. The van der Waals surface area contributed by atoms with E-state index in [9.17, 15) is 18.0 Å². The predicted molar refractivity (Wildman–Crippen MR) is 124 cm³/mol. The van der Waals surface area contributed by atoms with E-state index in [4.69, 9.17) is 4.74 Å². The summed E-state index contributed by atoms with van der Waals surface area (Å²) in [6, 6.07) is 10.1. The Hall–Kier alpha value is -3.66. The third-order valence-electron chi connectivity index (χ3n) is 5.34. The molecule has 0 atom stereocenters. The number of aryl methyl sites for hydroxylation is 3. The van der Waals surface area contributed by atoms with Gasteiger partial charge in [-0.2, -0.15) is 9.78 Å². The lowest BCUT2D eigenvalue weighted by Crippen LogP contribution is -2.15. The molecule has 1 amide bonds. The fourth-order valence-corrected chi connectivity index (χ4v) is 5.21. The molecule has 2 aromatic carbocycles. The van der Waals surface area contributed by atoms with Crippen molar-refractivity contribution >= 4 is 33.3 Å². The molecule has 0 fully saturated rings. The van der Waals surface area contributed by atoms with Gasteiger partial charge in [-0.3, -0.25) is 14.3 Å². The molecule has 0 aliphatic carbocycles. The maximum atomic E-state index is 13.3. The molecule has 0 saturated carbocycles. The number of hydrogen-bond acceptors (Lipinski definition) is 6. The normalized spacial score (nSPS) is 13.8. The van der Waals surface area contributed by atoms with E-state index in [1.807, 2.05) is 19.9 Å². The van der Waals surface area contributed by atoms with Crippen molar-refractivity contribution in [3.05, 3.63) is 53.2 Å². The lowest BCUT2D eigenvalue weighted by atomic mass is 10.1. The van der Waals surface area contributed by atoms with E-state index in [1.54, 1.807) is 25.1 Å². The van der Waals surface area contributed by atoms with Crippen LogP contribution in [-0.4, -0.2) is 37.1 Å². The fraction of sp³-hybridized carbons (Fsp3) is 0.261. The second-order valence-corrected chi connectivity index (χ2v) is 9.66. The summed E-state index contributed by atoms with van der Waals surface area (Å²) in [7, 11) is -2.63. The first-order valence-corrected chi connectivity index (χ1v) is 11.8. The van der Waals surface area contributed by atoms with Crippen molar-refractivity contribution in [2.24, 2.45) is 0 Å². The largest absolute Gasteiger partial charge is 0.495 e. The van der Waals surface area contributed by atoms with Crippen LogP contribution in [0.2, 0.25) is 0 Å². The average Bonchev–Trinajstić information content (AvgIpc) is 2.99.